The molecule has 39 heavy (non-hydrogen) atoms. The molecule has 4 aromatic carbocycles. The molecule has 0 fully saturated rings. The number of fused-ring (bicyclic) bond motifs is 2. The van der Waals surface area contributed by atoms with E-state index in [0.717, 1.165) is 38.0 Å². The molecule has 4 rings (SSSR count). The van der Waals surface area contributed by atoms with Gasteiger partial charge >= 0.3 is 5.97 Å². The quantitative estimate of drug-likeness (QED) is 0.0638. The summed E-state index contributed by atoms with van der Waals surface area (Å²) in [7, 11) is 0. The largest absolute Gasteiger partial charge is 0.494 e. The molecule has 0 atom stereocenters. The lowest BCUT2D eigenvalue weighted by molar-refractivity contribution is -0.145. The van der Waals surface area contributed by atoms with Crippen LogP contribution in [0.15, 0.2) is 104 Å². The van der Waals surface area contributed by atoms with Gasteiger partial charge in [0.15, 0.2) is 0 Å². The maximum atomic E-state index is 11.7. The lowest BCUT2D eigenvalue weighted by Crippen LogP contribution is -2.12. The van der Waals surface area contributed by atoms with Crippen LogP contribution >= 0.6 is 0 Å². The summed E-state index contributed by atoms with van der Waals surface area (Å²) in [5.74, 6) is 0.758. The van der Waals surface area contributed by atoms with Gasteiger partial charge < -0.3 is 9.47 Å². The first-order chi connectivity index (χ1) is 19.2. The molecule has 4 aromatic rings. The third-order valence-corrected chi connectivity index (χ3v) is 7.17. The Kier molecular flexibility index (Phi) is 10.8. The molecule has 0 saturated heterocycles. The molecule has 0 aliphatic heterocycles. The molecule has 0 amide bonds. The van der Waals surface area contributed by atoms with E-state index in [1.54, 1.807) is 12.2 Å². The minimum Gasteiger partial charge on any atom is -0.494 e. The Balaban J connectivity index is 1.09. The van der Waals surface area contributed by atoms with Crippen LogP contribution in [0.4, 0.5) is 0 Å². The van der Waals surface area contributed by atoms with Crippen LogP contribution in [0.5, 0.6) is 5.75 Å². The van der Waals surface area contributed by atoms with E-state index in [1.807, 2.05) is 0 Å². The summed E-state index contributed by atoms with van der Waals surface area (Å²) in [5, 5.41) is 5.07. The number of benzene rings is 4. The summed E-state index contributed by atoms with van der Waals surface area (Å²) in [6.07, 6.45) is 12.3. The first-order valence-corrected chi connectivity index (χ1v) is 14.3. The van der Waals surface area contributed by atoms with Crippen molar-refractivity contribution in [1.29, 1.82) is 0 Å². The zero-order valence-corrected chi connectivity index (χ0v) is 22.9. The predicted octanol–water partition coefficient (Wildman–Crippen LogP) is 9.83. The fourth-order valence-corrected chi connectivity index (χ4v) is 4.89. The van der Waals surface area contributed by atoms with Crippen LogP contribution in [0.1, 0.15) is 57.8 Å². The first-order valence-electron chi connectivity index (χ1n) is 14.3. The number of unbranched alkanes of at least 4 members (excludes halogenated alkanes) is 7. The minimum atomic E-state index is -0.377. The highest BCUT2D eigenvalue weighted by Crippen LogP contribution is 2.29. The lowest BCUT2D eigenvalue weighted by atomic mass is 9.98. The Labute approximate surface area is 233 Å². The third kappa shape index (κ3) is 8.58. The van der Waals surface area contributed by atoms with Crippen LogP contribution in [-0.4, -0.2) is 18.7 Å². The summed E-state index contributed by atoms with van der Waals surface area (Å²) in [4.78, 5) is 11.7. The summed E-state index contributed by atoms with van der Waals surface area (Å²) in [6.45, 7) is 8.01. The normalized spacial score (nSPS) is 11.1. The minimum absolute atomic E-state index is 0.169. The Morgan fingerprint density at radius 2 is 1.21 bits per heavy atom. The summed E-state index contributed by atoms with van der Waals surface area (Å²) < 4.78 is 11.2. The van der Waals surface area contributed by atoms with E-state index in [4.69, 9.17) is 9.47 Å². The van der Waals surface area contributed by atoms with Crippen LogP contribution in [0.2, 0.25) is 0 Å². The average molecular weight is 521 g/mol. The summed E-state index contributed by atoms with van der Waals surface area (Å²) >= 11 is 0. The number of hydrogen-bond acceptors (Lipinski definition) is 3. The van der Waals surface area contributed by atoms with Gasteiger partial charge in [0.25, 0.3) is 0 Å². The van der Waals surface area contributed by atoms with Crippen molar-refractivity contribution in [3.63, 3.8) is 0 Å². The maximum absolute atomic E-state index is 11.7. The van der Waals surface area contributed by atoms with E-state index in [1.165, 1.54) is 58.4 Å². The molecule has 0 N–H and O–H groups in total. The molecule has 0 aromatic heterocycles. The van der Waals surface area contributed by atoms with Crippen LogP contribution in [0, 0.1) is 0 Å². The van der Waals surface area contributed by atoms with Gasteiger partial charge in [-0.1, -0.05) is 100 Å². The monoisotopic (exact) mass is 520 g/mol. The molecule has 0 spiro atoms. The van der Waals surface area contributed by atoms with Crippen molar-refractivity contribution in [2.24, 2.45) is 0 Å². The molecule has 0 radical (unpaired) electrons. The number of esters is 1. The van der Waals surface area contributed by atoms with E-state index in [-0.39, 0.29) is 12.1 Å². The molecule has 3 nitrogen and oxygen atoms in total. The van der Waals surface area contributed by atoms with Crippen LogP contribution in [0.3, 0.4) is 0 Å². The Morgan fingerprint density at radius 1 is 0.641 bits per heavy atom. The van der Waals surface area contributed by atoms with Crippen LogP contribution in [0.25, 0.3) is 32.7 Å². The zero-order chi connectivity index (χ0) is 27.3. The molecular weight excluding hydrogens is 480 g/mol. The predicted molar refractivity (Wildman–Crippen MR) is 164 cm³/mol. The van der Waals surface area contributed by atoms with Gasteiger partial charge in [0.2, 0.25) is 0 Å². The van der Waals surface area contributed by atoms with Gasteiger partial charge in [-0.3, -0.25) is 4.79 Å². The number of rotatable bonds is 16. The Hall–Kier alpha value is -3.85. The Bertz CT molecular complexity index is 1360. The molecule has 3 heteroatoms. The molecule has 0 unspecified atom stereocenters. The van der Waals surface area contributed by atoms with Gasteiger partial charge in [0.05, 0.1) is 6.61 Å². The summed E-state index contributed by atoms with van der Waals surface area (Å²) in [6, 6.07) is 28.2. The lowest BCUT2D eigenvalue weighted by Gasteiger charge is -2.09. The van der Waals surface area contributed by atoms with Gasteiger partial charge in [-0.05, 0) is 88.0 Å². The highest BCUT2D eigenvalue weighted by Gasteiger charge is 2.07. The van der Waals surface area contributed by atoms with Crippen molar-refractivity contribution in [1.82, 2.24) is 0 Å². The molecule has 0 aliphatic carbocycles. The van der Waals surface area contributed by atoms with E-state index in [0.29, 0.717) is 6.42 Å². The average Bonchev–Trinajstić information content (AvgIpc) is 2.97. The highest BCUT2D eigenvalue weighted by atomic mass is 16.5. The molecule has 202 valence electrons. The van der Waals surface area contributed by atoms with Gasteiger partial charge in [-0.2, -0.15) is 0 Å². The number of hydrogen-bond donors (Lipinski definition) is 0. The van der Waals surface area contributed by atoms with Crippen molar-refractivity contribution < 1.29 is 14.3 Å². The van der Waals surface area contributed by atoms with E-state index in [9.17, 15) is 4.79 Å². The number of ether oxygens (including phenoxy) is 2. The maximum Gasteiger partial charge on any atom is 0.306 e. The second-order valence-electron chi connectivity index (χ2n) is 10.1. The van der Waals surface area contributed by atoms with E-state index >= 15 is 0 Å². The fraction of sp³-hybridized carbons (Fsp3) is 0.306. The van der Waals surface area contributed by atoms with Crippen molar-refractivity contribution in [3.8, 4) is 16.9 Å². The van der Waals surface area contributed by atoms with Gasteiger partial charge in [0.1, 0.15) is 11.9 Å². The molecule has 0 saturated carbocycles. The summed E-state index contributed by atoms with van der Waals surface area (Å²) in [5.41, 5.74) is 2.42. The topological polar surface area (TPSA) is 35.5 Å². The van der Waals surface area contributed by atoms with E-state index in [2.05, 4.69) is 92.0 Å². The molecular formula is C36H40O3. The van der Waals surface area contributed by atoms with Crippen molar-refractivity contribution in [2.45, 2.75) is 63.9 Å². The van der Waals surface area contributed by atoms with Gasteiger partial charge in [0, 0.05) is 6.42 Å². The smallest absolute Gasteiger partial charge is 0.306 e. The van der Waals surface area contributed by atoms with E-state index < -0.39 is 0 Å². The van der Waals surface area contributed by atoms with Gasteiger partial charge in [-0.25, -0.2) is 0 Å². The van der Waals surface area contributed by atoms with Crippen LogP contribution < -0.4 is 4.74 Å². The molecule has 0 aliphatic rings. The van der Waals surface area contributed by atoms with Crippen molar-refractivity contribution >= 4 is 27.5 Å². The standard InChI is InChI=1S/C36H40O3/c1-3-34(4-2)39-36(37)17-11-9-7-5-6-8-10-14-24-38-35-22-20-28(21-23-35)31-18-19-32-25-29-15-12-13-16-30(29)26-33(32)27-31/h3-4,12-13,15-16,18-23,25-27,34H,1-2,5-11,14,17,24H2. The molecule has 0 heterocycles. The third-order valence-electron chi connectivity index (χ3n) is 7.17. The molecule has 0 bridgehead atoms. The number of carbonyl (C=O) groups is 1. The fourth-order valence-electron chi connectivity index (χ4n) is 4.89. The van der Waals surface area contributed by atoms with Crippen LogP contribution in [-0.2, 0) is 9.53 Å². The Morgan fingerprint density at radius 3 is 1.87 bits per heavy atom. The second kappa shape index (κ2) is 14.9. The highest BCUT2D eigenvalue weighted by molar-refractivity contribution is 5.99. The van der Waals surface area contributed by atoms with Crippen molar-refractivity contribution in [2.75, 3.05) is 6.61 Å². The SMILES string of the molecule is C=CC(C=C)OC(=O)CCCCCCCCCCOc1ccc(-c2ccc3cc4ccccc4cc3c2)cc1. The first kappa shape index (κ1) is 28.2. The van der Waals surface area contributed by atoms with Crippen molar-refractivity contribution in [3.05, 3.63) is 104 Å². The number of carbonyl (C=O) groups excluding carboxylic acids is 1. The van der Waals surface area contributed by atoms with Gasteiger partial charge in [-0.15, -0.1) is 0 Å². The second-order valence-corrected chi connectivity index (χ2v) is 10.1. The zero-order valence-electron chi connectivity index (χ0n) is 22.9.